The largest absolute Gasteiger partial charge is 0.493 e. The molecule has 0 radical (unpaired) electrons. The number of hydrogen-bond donors (Lipinski definition) is 1. The molecule has 2 aromatic carbocycles. The first kappa shape index (κ1) is 20.7. The predicted octanol–water partition coefficient (Wildman–Crippen LogP) is 4.25. The molecule has 1 aliphatic heterocycles. The van der Waals surface area contributed by atoms with Crippen LogP contribution in [0.5, 0.6) is 11.5 Å². The van der Waals surface area contributed by atoms with E-state index < -0.39 is 5.60 Å². The van der Waals surface area contributed by atoms with E-state index in [1.807, 2.05) is 48.5 Å². The van der Waals surface area contributed by atoms with Gasteiger partial charge >= 0.3 is 0 Å². The fourth-order valence-corrected chi connectivity index (χ4v) is 3.08. The number of nitrogens with one attached hydrogen (secondary N) is 1. The molecule has 0 unspecified atom stereocenters. The molecule has 0 aliphatic carbocycles. The molecule has 1 N–H and O–H groups in total. The Morgan fingerprint density at radius 3 is 2.52 bits per heavy atom. The molecule has 29 heavy (non-hydrogen) atoms. The number of carbonyl (C=O) groups is 2. The number of carbonyl (C=O) groups excluding carboxylic acids is 2. The van der Waals surface area contributed by atoms with Crippen LogP contribution in [0.15, 0.2) is 48.5 Å². The number of benzene rings is 2. The molecule has 6 heteroatoms. The van der Waals surface area contributed by atoms with Crippen LogP contribution in [0.1, 0.15) is 34.1 Å². The van der Waals surface area contributed by atoms with E-state index in [0.29, 0.717) is 29.6 Å². The summed E-state index contributed by atoms with van der Waals surface area (Å²) < 4.78 is 11.5. The first-order valence-electron chi connectivity index (χ1n) is 9.89. The van der Waals surface area contributed by atoms with Gasteiger partial charge in [-0.15, -0.1) is 0 Å². The lowest BCUT2D eigenvalue weighted by Gasteiger charge is -2.38. The lowest BCUT2D eigenvalue weighted by Crippen LogP contribution is -2.53. The van der Waals surface area contributed by atoms with Crippen LogP contribution < -0.4 is 19.7 Å². The molecule has 0 bridgehead atoms. The number of anilines is 2. The van der Waals surface area contributed by atoms with Crippen molar-refractivity contribution in [2.45, 2.75) is 39.7 Å². The first-order chi connectivity index (χ1) is 13.8. The molecule has 1 aliphatic rings. The van der Waals surface area contributed by atoms with Crippen LogP contribution >= 0.6 is 0 Å². The number of nitrogens with zero attached hydrogens (tertiary/aromatic N) is 1. The average Bonchev–Trinajstić information content (AvgIpc) is 2.67. The zero-order chi connectivity index (χ0) is 21.0. The first-order valence-corrected chi connectivity index (χ1v) is 9.89. The molecule has 0 atom stereocenters. The highest BCUT2D eigenvalue weighted by atomic mass is 16.5. The molecule has 0 aromatic heterocycles. The summed E-state index contributed by atoms with van der Waals surface area (Å²) in [5.74, 6) is 1.56. The normalized spacial score (nSPS) is 14.9. The van der Waals surface area contributed by atoms with Crippen LogP contribution in [-0.2, 0) is 9.59 Å². The van der Waals surface area contributed by atoms with E-state index in [0.717, 1.165) is 5.75 Å². The third-order valence-electron chi connectivity index (χ3n) is 4.57. The van der Waals surface area contributed by atoms with E-state index in [1.54, 1.807) is 18.7 Å². The van der Waals surface area contributed by atoms with Crippen molar-refractivity contribution in [3.05, 3.63) is 48.5 Å². The topological polar surface area (TPSA) is 67.9 Å². The molecule has 0 fully saturated rings. The van der Waals surface area contributed by atoms with Gasteiger partial charge in [-0.25, -0.2) is 0 Å². The van der Waals surface area contributed by atoms with Crippen LogP contribution in [-0.4, -0.2) is 30.6 Å². The number of para-hydroxylation sites is 2. The highest BCUT2D eigenvalue weighted by Crippen LogP contribution is 2.37. The van der Waals surface area contributed by atoms with E-state index in [-0.39, 0.29) is 24.8 Å². The van der Waals surface area contributed by atoms with Crippen molar-refractivity contribution in [2.24, 2.45) is 5.92 Å². The van der Waals surface area contributed by atoms with Gasteiger partial charge in [0.1, 0.15) is 11.5 Å². The van der Waals surface area contributed by atoms with Crippen molar-refractivity contribution in [1.29, 1.82) is 0 Å². The van der Waals surface area contributed by atoms with Gasteiger partial charge in [0, 0.05) is 18.7 Å². The molecular formula is C23H28N2O4. The fourth-order valence-electron chi connectivity index (χ4n) is 3.08. The predicted molar refractivity (Wildman–Crippen MR) is 114 cm³/mol. The van der Waals surface area contributed by atoms with Gasteiger partial charge in [-0.1, -0.05) is 26.0 Å². The lowest BCUT2D eigenvalue weighted by atomic mass is 10.0. The summed E-state index contributed by atoms with van der Waals surface area (Å²) in [6.07, 6.45) is 0.182. The maximum Gasteiger partial charge on any atom is 0.270 e. The summed E-state index contributed by atoms with van der Waals surface area (Å²) in [4.78, 5) is 26.8. The Morgan fingerprint density at radius 1 is 1.14 bits per heavy atom. The van der Waals surface area contributed by atoms with Gasteiger partial charge in [-0.2, -0.15) is 0 Å². The van der Waals surface area contributed by atoms with E-state index in [1.165, 1.54) is 0 Å². The van der Waals surface area contributed by atoms with Gasteiger partial charge in [-0.3, -0.25) is 9.59 Å². The van der Waals surface area contributed by atoms with Crippen molar-refractivity contribution < 1.29 is 19.1 Å². The van der Waals surface area contributed by atoms with Gasteiger partial charge in [0.2, 0.25) is 5.91 Å². The number of amides is 2. The smallest absolute Gasteiger partial charge is 0.270 e. The minimum absolute atomic E-state index is 0.157. The van der Waals surface area contributed by atoms with E-state index in [4.69, 9.17) is 9.47 Å². The summed E-state index contributed by atoms with van der Waals surface area (Å²) in [6, 6.07) is 14.7. The molecule has 2 amide bonds. The highest BCUT2D eigenvalue weighted by Gasteiger charge is 2.40. The highest BCUT2D eigenvalue weighted by molar-refractivity contribution is 6.03. The summed E-state index contributed by atoms with van der Waals surface area (Å²) in [7, 11) is 0. The lowest BCUT2D eigenvalue weighted by molar-refractivity contribution is -0.132. The second-order valence-electron chi connectivity index (χ2n) is 8.06. The Hall–Kier alpha value is -3.02. The number of rotatable bonds is 7. The van der Waals surface area contributed by atoms with E-state index in [9.17, 15) is 9.59 Å². The summed E-state index contributed by atoms with van der Waals surface area (Å²) >= 11 is 0. The number of hydrogen-bond acceptors (Lipinski definition) is 4. The maximum atomic E-state index is 12.8. The van der Waals surface area contributed by atoms with Crippen LogP contribution in [0.2, 0.25) is 0 Å². The van der Waals surface area contributed by atoms with Gasteiger partial charge < -0.3 is 19.7 Å². The van der Waals surface area contributed by atoms with Gasteiger partial charge in [0.05, 0.1) is 12.3 Å². The Bertz CT molecular complexity index is 875. The molecule has 1 heterocycles. The number of fused-ring (bicyclic) bond motifs is 1. The minimum Gasteiger partial charge on any atom is -0.493 e. The summed E-state index contributed by atoms with van der Waals surface area (Å²) in [5.41, 5.74) is 0.425. The fraction of sp³-hybridized carbons (Fsp3) is 0.391. The Kier molecular flexibility index (Phi) is 6.11. The van der Waals surface area contributed by atoms with E-state index in [2.05, 4.69) is 19.2 Å². The van der Waals surface area contributed by atoms with Crippen molar-refractivity contribution in [1.82, 2.24) is 0 Å². The Labute approximate surface area is 171 Å². The molecule has 2 aromatic rings. The standard InChI is InChI=1S/C23H28N2O4/c1-16(2)15-28-18-11-9-17(10-12-18)24-21(26)13-14-25-19-7-5-6-8-20(19)29-23(3,4)22(25)27/h5-12,16H,13-15H2,1-4H3,(H,24,26). The maximum absolute atomic E-state index is 12.8. The SMILES string of the molecule is CC(C)COc1ccc(NC(=O)CCN2C(=O)C(C)(C)Oc3ccccc32)cc1. The molecule has 6 nitrogen and oxygen atoms in total. The zero-order valence-electron chi connectivity index (χ0n) is 17.4. The summed E-state index contributed by atoms with van der Waals surface area (Å²) in [6.45, 7) is 8.59. The molecule has 0 saturated heterocycles. The van der Waals surface area contributed by atoms with Crippen LogP contribution in [0.25, 0.3) is 0 Å². The van der Waals surface area contributed by atoms with E-state index >= 15 is 0 Å². The van der Waals surface area contributed by atoms with Crippen LogP contribution in [0, 0.1) is 5.92 Å². The molecule has 0 spiro atoms. The van der Waals surface area contributed by atoms with Gasteiger partial charge in [0.25, 0.3) is 5.91 Å². The van der Waals surface area contributed by atoms with Crippen molar-refractivity contribution in [3.63, 3.8) is 0 Å². The summed E-state index contributed by atoms with van der Waals surface area (Å²) in [5, 5.41) is 2.87. The Balaban J connectivity index is 1.60. The molecule has 3 rings (SSSR count). The van der Waals surface area contributed by atoms with Crippen LogP contribution in [0.3, 0.4) is 0 Å². The van der Waals surface area contributed by atoms with Crippen molar-refractivity contribution in [3.8, 4) is 11.5 Å². The zero-order valence-corrected chi connectivity index (χ0v) is 17.4. The second kappa shape index (κ2) is 8.55. The molecular weight excluding hydrogens is 368 g/mol. The minimum atomic E-state index is -0.962. The average molecular weight is 396 g/mol. The number of ether oxygens (including phenoxy) is 2. The van der Waals surface area contributed by atoms with Crippen molar-refractivity contribution >= 4 is 23.2 Å². The van der Waals surface area contributed by atoms with Gasteiger partial charge in [-0.05, 0) is 56.2 Å². The monoisotopic (exact) mass is 396 g/mol. The third-order valence-corrected chi connectivity index (χ3v) is 4.57. The molecule has 154 valence electrons. The van der Waals surface area contributed by atoms with Crippen molar-refractivity contribution in [2.75, 3.05) is 23.4 Å². The van der Waals surface area contributed by atoms with Gasteiger partial charge in [0.15, 0.2) is 5.60 Å². The van der Waals surface area contributed by atoms with Crippen LogP contribution in [0.4, 0.5) is 11.4 Å². The third kappa shape index (κ3) is 5.08. The molecule has 0 saturated carbocycles. The second-order valence-corrected chi connectivity index (χ2v) is 8.06. The quantitative estimate of drug-likeness (QED) is 0.760. The Morgan fingerprint density at radius 2 is 1.83 bits per heavy atom.